The minimum absolute atomic E-state index is 0.396. The molecule has 0 spiro atoms. The second kappa shape index (κ2) is 13.7. The van der Waals surface area contributed by atoms with Gasteiger partial charge >= 0.3 is 0 Å². The van der Waals surface area contributed by atoms with Crippen LogP contribution in [0.3, 0.4) is 0 Å². The molecule has 4 atom stereocenters. The summed E-state index contributed by atoms with van der Waals surface area (Å²) in [6.07, 6.45) is 14.6. The Labute approximate surface area is 199 Å². The summed E-state index contributed by atoms with van der Waals surface area (Å²) in [5, 5.41) is 0. The topological polar surface area (TPSA) is 55.4 Å². The van der Waals surface area contributed by atoms with E-state index in [4.69, 9.17) is 28.4 Å². The van der Waals surface area contributed by atoms with Gasteiger partial charge in [-0.2, -0.15) is 0 Å². The molecule has 2 bridgehead atoms. The van der Waals surface area contributed by atoms with Gasteiger partial charge in [0.05, 0.1) is 46.8 Å². The van der Waals surface area contributed by atoms with Gasteiger partial charge in [-0.15, -0.1) is 0 Å². The maximum absolute atomic E-state index is 6.22. The smallest absolute Gasteiger partial charge is 0.203 e. The van der Waals surface area contributed by atoms with Crippen molar-refractivity contribution in [1.82, 2.24) is 0 Å². The number of rotatable bonds is 16. The first-order valence-electron chi connectivity index (χ1n) is 12.5. The number of hydrogen-bond acceptors (Lipinski definition) is 6. The quantitative estimate of drug-likeness (QED) is 0.228. The zero-order chi connectivity index (χ0) is 23.5. The number of allylic oxidation sites excluding steroid dienone is 1. The molecule has 2 saturated heterocycles. The first kappa shape index (κ1) is 25.7. The average molecular weight is 463 g/mol. The van der Waals surface area contributed by atoms with Crippen LogP contribution in [0, 0.1) is 11.8 Å². The SMILES string of the molecule is CCCCCCOC[C@H]1[C@@H](C/C=C\CCOc2cc(OC)c(OC)c(OC)c2)[C@H]2CC[C@@H]1O2. The molecule has 2 aliphatic rings. The third-order valence-electron chi connectivity index (χ3n) is 6.81. The fourth-order valence-electron chi connectivity index (χ4n) is 5.03. The molecule has 0 aromatic heterocycles. The Morgan fingerprint density at radius 1 is 0.879 bits per heavy atom. The Morgan fingerprint density at radius 3 is 2.27 bits per heavy atom. The Morgan fingerprint density at radius 2 is 1.61 bits per heavy atom. The normalized spacial score (nSPS) is 23.9. The van der Waals surface area contributed by atoms with Crippen LogP contribution in [0.15, 0.2) is 24.3 Å². The van der Waals surface area contributed by atoms with Crippen molar-refractivity contribution in [3.63, 3.8) is 0 Å². The highest BCUT2D eigenvalue weighted by Gasteiger charge is 2.48. The third kappa shape index (κ3) is 7.03. The van der Waals surface area contributed by atoms with Crippen LogP contribution in [-0.2, 0) is 9.47 Å². The average Bonchev–Trinajstić information content (AvgIpc) is 3.44. The van der Waals surface area contributed by atoms with Crippen LogP contribution in [0.4, 0.5) is 0 Å². The molecule has 0 aliphatic carbocycles. The Hall–Kier alpha value is -1.92. The summed E-state index contributed by atoms with van der Waals surface area (Å²) in [5.74, 6) is 3.58. The molecule has 2 aliphatic heterocycles. The van der Waals surface area contributed by atoms with Gasteiger partial charge in [-0.3, -0.25) is 0 Å². The summed E-state index contributed by atoms with van der Waals surface area (Å²) in [4.78, 5) is 0. The largest absolute Gasteiger partial charge is 0.493 e. The van der Waals surface area contributed by atoms with Crippen LogP contribution in [0.1, 0.15) is 58.3 Å². The molecule has 0 amide bonds. The fourth-order valence-corrected chi connectivity index (χ4v) is 5.03. The molecule has 1 aromatic rings. The van der Waals surface area contributed by atoms with Crippen molar-refractivity contribution in [2.75, 3.05) is 41.2 Å². The lowest BCUT2D eigenvalue weighted by Gasteiger charge is -2.27. The van der Waals surface area contributed by atoms with E-state index in [0.29, 0.717) is 53.6 Å². The molecule has 0 radical (unpaired) electrons. The monoisotopic (exact) mass is 462 g/mol. The number of benzene rings is 1. The van der Waals surface area contributed by atoms with Crippen LogP contribution in [0.5, 0.6) is 23.0 Å². The number of methoxy groups -OCH3 is 3. The molecule has 2 fully saturated rings. The molecule has 0 saturated carbocycles. The minimum Gasteiger partial charge on any atom is -0.493 e. The van der Waals surface area contributed by atoms with Gasteiger partial charge in [-0.05, 0) is 38.0 Å². The van der Waals surface area contributed by atoms with Gasteiger partial charge in [0.1, 0.15) is 5.75 Å². The van der Waals surface area contributed by atoms with E-state index in [1.54, 1.807) is 21.3 Å². The third-order valence-corrected chi connectivity index (χ3v) is 6.81. The maximum Gasteiger partial charge on any atom is 0.203 e. The lowest BCUT2D eigenvalue weighted by atomic mass is 9.78. The van der Waals surface area contributed by atoms with Gasteiger partial charge in [-0.25, -0.2) is 0 Å². The molecular weight excluding hydrogens is 420 g/mol. The summed E-state index contributed by atoms with van der Waals surface area (Å²) < 4.78 is 34.3. The van der Waals surface area contributed by atoms with Crippen molar-refractivity contribution in [2.24, 2.45) is 11.8 Å². The first-order valence-corrected chi connectivity index (χ1v) is 12.5. The number of fused-ring (bicyclic) bond motifs is 2. The van der Waals surface area contributed by atoms with E-state index >= 15 is 0 Å². The lowest BCUT2D eigenvalue weighted by molar-refractivity contribution is 0.0478. The second-order valence-electron chi connectivity index (χ2n) is 8.96. The Balaban J connectivity index is 1.41. The summed E-state index contributed by atoms with van der Waals surface area (Å²) in [6, 6.07) is 3.65. The van der Waals surface area contributed by atoms with Gasteiger partial charge in [0, 0.05) is 24.7 Å². The minimum atomic E-state index is 0.396. The number of unbranched alkanes of at least 4 members (excludes halogenated alkanes) is 3. The van der Waals surface area contributed by atoms with E-state index < -0.39 is 0 Å². The number of ether oxygens (including phenoxy) is 6. The highest BCUT2D eigenvalue weighted by molar-refractivity contribution is 5.55. The molecule has 1 aromatic carbocycles. The summed E-state index contributed by atoms with van der Waals surface area (Å²) >= 11 is 0. The molecule has 6 heteroatoms. The van der Waals surface area contributed by atoms with Gasteiger partial charge in [0.25, 0.3) is 0 Å². The van der Waals surface area contributed by atoms with Crippen LogP contribution in [0.2, 0.25) is 0 Å². The molecular formula is C27H42O6. The summed E-state index contributed by atoms with van der Waals surface area (Å²) in [6.45, 7) is 4.56. The van der Waals surface area contributed by atoms with Crippen LogP contribution >= 0.6 is 0 Å². The van der Waals surface area contributed by atoms with Gasteiger partial charge in [0.2, 0.25) is 5.75 Å². The zero-order valence-electron chi connectivity index (χ0n) is 20.8. The van der Waals surface area contributed by atoms with Crippen LogP contribution in [0.25, 0.3) is 0 Å². The summed E-state index contributed by atoms with van der Waals surface area (Å²) in [5.41, 5.74) is 0. The van der Waals surface area contributed by atoms with E-state index in [2.05, 4.69) is 19.1 Å². The van der Waals surface area contributed by atoms with Crippen LogP contribution < -0.4 is 18.9 Å². The van der Waals surface area contributed by atoms with Crippen molar-refractivity contribution >= 4 is 0 Å². The molecule has 2 heterocycles. The van der Waals surface area contributed by atoms with E-state index in [-0.39, 0.29) is 0 Å². The second-order valence-corrected chi connectivity index (χ2v) is 8.96. The Bertz CT molecular complexity index is 708. The van der Waals surface area contributed by atoms with E-state index in [0.717, 1.165) is 26.1 Å². The van der Waals surface area contributed by atoms with E-state index in [1.165, 1.54) is 38.5 Å². The highest BCUT2D eigenvalue weighted by Crippen LogP contribution is 2.45. The predicted molar refractivity (Wildman–Crippen MR) is 130 cm³/mol. The molecule has 0 N–H and O–H groups in total. The van der Waals surface area contributed by atoms with Crippen molar-refractivity contribution in [1.29, 1.82) is 0 Å². The van der Waals surface area contributed by atoms with Gasteiger partial charge in [-0.1, -0.05) is 38.3 Å². The highest BCUT2D eigenvalue weighted by atomic mass is 16.5. The van der Waals surface area contributed by atoms with Crippen molar-refractivity contribution in [2.45, 2.75) is 70.5 Å². The van der Waals surface area contributed by atoms with Crippen molar-refractivity contribution in [3.05, 3.63) is 24.3 Å². The zero-order valence-corrected chi connectivity index (χ0v) is 20.8. The first-order chi connectivity index (χ1) is 16.2. The number of hydrogen-bond donors (Lipinski definition) is 0. The standard InChI is InChI=1S/C27H42O6/c1-5-6-7-10-15-31-19-22-21(23-13-14-24(22)33-23)12-9-8-11-16-32-20-17-25(28-2)27(30-4)26(18-20)29-3/h8-9,17-18,21-24H,5-7,10-16,19H2,1-4H3/b9-8-/t21-,22+,23-,24+/m1/s1. The van der Waals surface area contributed by atoms with Crippen molar-refractivity contribution < 1.29 is 28.4 Å². The molecule has 33 heavy (non-hydrogen) atoms. The van der Waals surface area contributed by atoms with E-state index in [1.807, 2.05) is 12.1 Å². The van der Waals surface area contributed by atoms with Gasteiger partial charge < -0.3 is 28.4 Å². The summed E-state index contributed by atoms with van der Waals surface area (Å²) in [7, 11) is 4.80. The maximum atomic E-state index is 6.22. The van der Waals surface area contributed by atoms with Crippen LogP contribution in [-0.4, -0.2) is 53.4 Å². The predicted octanol–water partition coefficient (Wildman–Crippen LogP) is 5.82. The fraction of sp³-hybridized carbons (Fsp3) is 0.704. The lowest BCUT2D eigenvalue weighted by Crippen LogP contribution is -2.30. The van der Waals surface area contributed by atoms with Crippen molar-refractivity contribution in [3.8, 4) is 23.0 Å². The molecule has 0 unspecified atom stereocenters. The molecule has 3 rings (SSSR count). The van der Waals surface area contributed by atoms with Gasteiger partial charge in [0.15, 0.2) is 11.5 Å². The molecule has 186 valence electrons. The molecule has 6 nitrogen and oxygen atoms in total. The van der Waals surface area contributed by atoms with E-state index in [9.17, 15) is 0 Å². The Kier molecular flexibility index (Phi) is 10.7.